The molecule has 1 aromatic carbocycles. The Morgan fingerprint density at radius 2 is 1.72 bits per heavy atom. The Bertz CT molecular complexity index is 913. The summed E-state index contributed by atoms with van der Waals surface area (Å²) in [5.74, 6) is 0.300. The lowest BCUT2D eigenvalue weighted by Crippen LogP contribution is -2.45. The van der Waals surface area contributed by atoms with Crippen LogP contribution in [0.3, 0.4) is 0 Å². The number of alkyl halides is 3. The minimum atomic E-state index is -4.64. The zero-order valence-electron chi connectivity index (χ0n) is 17.9. The smallest absolute Gasteiger partial charge is 0.354 e. The van der Waals surface area contributed by atoms with E-state index in [0.29, 0.717) is 18.6 Å². The molecule has 1 aliphatic rings. The van der Waals surface area contributed by atoms with Gasteiger partial charge in [-0.2, -0.15) is 13.2 Å². The molecule has 0 saturated carbocycles. The van der Waals surface area contributed by atoms with E-state index in [1.54, 1.807) is 6.20 Å². The predicted molar refractivity (Wildman–Crippen MR) is 128 cm³/mol. The SMILES string of the molecule is CN=C(NCc1ccc(F)cc1C(F)(F)F)NCc1cccnc1N1CCN(C)CC1.I. The zero-order valence-corrected chi connectivity index (χ0v) is 20.2. The summed E-state index contributed by atoms with van der Waals surface area (Å²) in [4.78, 5) is 13.1. The minimum Gasteiger partial charge on any atom is -0.354 e. The van der Waals surface area contributed by atoms with Gasteiger partial charge in [0.05, 0.1) is 5.56 Å². The number of pyridine rings is 1. The molecule has 1 saturated heterocycles. The summed E-state index contributed by atoms with van der Waals surface area (Å²) in [7, 11) is 3.62. The maximum atomic E-state index is 13.3. The number of piperazine rings is 1. The molecule has 0 unspecified atom stereocenters. The molecule has 0 radical (unpaired) electrons. The number of rotatable bonds is 5. The molecule has 0 spiro atoms. The highest BCUT2D eigenvalue weighted by Gasteiger charge is 2.33. The van der Waals surface area contributed by atoms with Crippen molar-refractivity contribution in [3.05, 3.63) is 59.0 Å². The van der Waals surface area contributed by atoms with Crippen LogP contribution >= 0.6 is 24.0 Å². The molecule has 0 aliphatic carbocycles. The zero-order chi connectivity index (χ0) is 22.4. The van der Waals surface area contributed by atoms with Gasteiger partial charge in [0.15, 0.2) is 5.96 Å². The van der Waals surface area contributed by atoms with Crippen LogP contribution < -0.4 is 15.5 Å². The molecule has 11 heteroatoms. The first-order valence-corrected chi connectivity index (χ1v) is 9.95. The van der Waals surface area contributed by atoms with Crippen molar-refractivity contribution in [3.63, 3.8) is 0 Å². The van der Waals surface area contributed by atoms with E-state index in [9.17, 15) is 17.6 Å². The maximum absolute atomic E-state index is 13.3. The van der Waals surface area contributed by atoms with E-state index < -0.39 is 17.6 Å². The molecule has 0 atom stereocenters. The van der Waals surface area contributed by atoms with Crippen LogP contribution in [0.1, 0.15) is 16.7 Å². The molecule has 1 aliphatic heterocycles. The van der Waals surface area contributed by atoms with Gasteiger partial charge >= 0.3 is 6.18 Å². The monoisotopic (exact) mass is 566 g/mol. The topological polar surface area (TPSA) is 55.8 Å². The predicted octanol–water partition coefficient (Wildman–Crippen LogP) is 3.47. The third-order valence-corrected chi connectivity index (χ3v) is 5.16. The number of aliphatic imine (C=N–C) groups is 1. The molecule has 3 rings (SSSR count). The number of likely N-dealkylation sites (N-methyl/N-ethyl adjacent to an activating group) is 1. The molecule has 1 fully saturated rings. The first kappa shape index (κ1) is 26.1. The summed E-state index contributed by atoms with van der Waals surface area (Å²) < 4.78 is 52.9. The van der Waals surface area contributed by atoms with Gasteiger partial charge in [-0.3, -0.25) is 4.99 Å². The summed E-state index contributed by atoms with van der Waals surface area (Å²) in [6.07, 6.45) is -2.89. The number of benzene rings is 1. The number of anilines is 1. The summed E-state index contributed by atoms with van der Waals surface area (Å²) in [5, 5.41) is 5.99. The van der Waals surface area contributed by atoms with E-state index in [1.807, 2.05) is 12.1 Å². The fraction of sp³-hybridized carbons (Fsp3) is 0.429. The number of nitrogens with zero attached hydrogens (tertiary/aromatic N) is 4. The fourth-order valence-corrected chi connectivity index (χ4v) is 3.42. The molecule has 176 valence electrons. The molecule has 6 nitrogen and oxygen atoms in total. The van der Waals surface area contributed by atoms with Crippen molar-refractivity contribution in [2.45, 2.75) is 19.3 Å². The number of guanidine groups is 1. The molecule has 1 aromatic heterocycles. The number of hydrogen-bond acceptors (Lipinski definition) is 4. The van der Waals surface area contributed by atoms with E-state index in [0.717, 1.165) is 49.7 Å². The number of aromatic nitrogens is 1. The average molecular weight is 566 g/mol. The van der Waals surface area contributed by atoms with E-state index in [2.05, 4.69) is 37.5 Å². The molecule has 2 aromatic rings. The van der Waals surface area contributed by atoms with Gasteiger partial charge in [0, 0.05) is 58.1 Å². The number of nitrogens with one attached hydrogen (secondary N) is 2. The van der Waals surface area contributed by atoms with Crippen molar-refractivity contribution in [2.24, 2.45) is 4.99 Å². The first-order chi connectivity index (χ1) is 14.8. The van der Waals surface area contributed by atoms with Gasteiger partial charge in [0.25, 0.3) is 0 Å². The van der Waals surface area contributed by atoms with Gasteiger partial charge in [0.2, 0.25) is 0 Å². The fourth-order valence-electron chi connectivity index (χ4n) is 3.42. The van der Waals surface area contributed by atoms with Crippen molar-refractivity contribution >= 4 is 35.8 Å². The number of hydrogen-bond donors (Lipinski definition) is 2. The van der Waals surface area contributed by atoms with Crippen LogP contribution in [0.2, 0.25) is 0 Å². The van der Waals surface area contributed by atoms with Crippen molar-refractivity contribution in [2.75, 3.05) is 45.2 Å². The lowest BCUT2D eigenvalue weighted by molar-refractivity contribution is -0.138. The lowest BCUT2D eigenvalue weighted by Gasteiger charge is -2.34. The van der Waals surface area contributed by atoms with E-state index in [1.165, 1.54) is 7.05 Å². The van der Waals surface area contributed by atoms with Gasteiger partial charge in [-0.1, -0.05) is 12.1 Å². The standard InChI is InChI=1S/C21H26F4N6.HI/c1-26-20(28-13-15-5-6-17(22)12-18(15)21(23,24)25)29-14-16-4-3-7-27-19(16)31-10-8-30(2)9-11-31;/h3-7,12H,8-11,13-14H2,1-2H3,(H2,26,28,29);1H. The second-order valence-corrected chi connectivity index (χ2v) is 7.36. The molecule has 0 amide bonds. The van der Waals surface area contributed by atoms with E-state index in [-0.39, 0.29) is 36.1 Å². The highest BCUT2D eigenvalue weighted by atomic mass is 127. The van der Waals surface area contributed by atoms with Crippen LogP contribution in [0.5, 0.6) is 0 Å². The Kier molecular flexibility index (Phi) is 9.49. The normalized spacial score (nSPS) is 15.3. The van der Waals surface area contributed by atoms with E-state index >= 15 is 0 Å². The second-order valence-electron chi connectivity index (χ2n) is 7.36. The molecule has 0 bridgehead atoms. The average Bonchev–Trinajstić information content (AvgIpc) is 2.75. The van der Waals surface area contributed by atoms with Crippen molar-refractivity contribution in [3.8, 4) is 0 Å². The Labute approximate surface area is 202 Å². The van der Waals surface area contributed by atoms with Gasteiger partial charge < -0.3 is 20.4 Å². The van der Waals surface area contributed by atoms with Crippen molar-refractivity contribution in [1.29, 1.82) is 0 Å². The summed E-state index contributed by atoms with van der Waals surface area (Å²) in [6.45, 7) is 3.91. The quantitative estimate of drug-likeness (QED) is 0.252. The van der Waals surface area contributed by atoms with Crippen LogP contribution in [0, 0.1) is 5.82 Å². The van der Waals surface area contributed by atoms with Gasteiger partial charge in [0.1, 0.15) is 11.6 Å². The van der Waals surface area contributed by atoms with Crippen LogP contribution in [-0.4, -0.2) is 56.1 Å². The Hall–Kier alpha value is -2.15. The van der Waals surface area contributed by atoms with Crippen molar-refractivity contribution in [1.82, 2.24) is 20.5 Å². The van der Waals surface area contributed by atoms with Gasteiger partial charge in [-0.25, -0.2) is 9.37 Å². The van der Waals surface area contributed by atoms with Crippen molar-refractivity contribution < 1.29 is 17.6 Å². The molecule has 32 heavy (non-hydrogen) atoms. The minimum absolute atomic E-state index is 0. The largest absolute Gasteiger partial charge is 0.416 e. The summed E-state index contributed by atoms with van der Waals surface area (Å²) in [6, 6.07) is 6.46. The second kappa shape index (κ2) is 11.6. The number of halogens is 5. The Morgan fingerprint density at radius 1 is 1.06 bits per heavy atom. The van der Waals surface area contributed by atoms with Crippen LogP contribution in [-0.2, 0) is 19.3 Å². The summed E-state index contributed by atoms with van der Waals surface area (Å²) in [5.41, 5.74) is -0.0933. The molecule has 2 N–H and O–H groups in total. The van der Waals surface area contributed by atoms with Gasteiger partial charge in [-0.05, 0) is 30.8 Å². The Morgan fingerprint density at radius 3 is 2.34 bits per heavy atom. The van der Waals surface area contributed by atoms with Crippen LogP contribution in [0.4, 0.5) is 23.4 Å². The van der Waals surface area contributed by atoms with Crippen LogP contribution in [0.25, 0.3) is 0 Å². The third-order valence-electron chi connectivity index (χ3n) is 5.16. The third kappa shape index (κ3) is 6.92. The Balaban J connectivity index is 0.00000363. The maximum Gasteiger partial charge on any atom is 0.416 e. The summed E-state index contributed by atoms with van der Waals surface area (Å²) >= 11 is 0. The van der Waals surface area contributed by atoms with Crippen LogP contribution in [0.15, 0.2) is 41.5 Å². The molecular formula is C21H27F4IN6. The van der Waals surface area contributed by atoms with Gasteiger partial charge in [-0.15, -0.1) is 24.0 Å². The highest BCUT2D eigenvalue weighted by molar-refractivity contribution is 14.0. The van der Waals surface area contributed by atoms with E-state index in [4.69, 9.17) is 0 Å². The molecular weight excluding hydrogens is 539 g/mol. The first-order valence-electron chi connectivity index (χ1n) is 9.95. The highest BCUT2D eigenvalue weighted by Crippen LogP contribution is 2.32. The molecule has 2 heterocycles. The lowest BCUT2D eigenvalue weighted by atomic mass is 10.1.